The molecule has 1 heterocycles. The highest BCUT2D eigenvalue weighted by molar-refractivity contribution is 9.10. The summed E-state index contributed by atoms with van der Waals surface area (Å²) < 4.78 is 5.88. The minimum absolute atomic E-state index is 0.243. The Kier molecular flexibility index (Phi) is 5.83. The molecule has 0 unspecified atom stereocenters. The maximum atomic E-state index is 12.1. The quantitative estimate of drug-likeness (QED) is 0.467. The van der Waals surface area contributed by atoms with Crippen molar-refractivity contribution in [2.75, 3.05) is 5.32 Å². The molecule has 6 nitrogen and oxygen atoms in total. The van der Waals surface area contributed by atoms with Gasteiger partial charge in [-0.1, -0.05) is 34.1 Å². The fourth-order valence-corrected chi connectivity index (χ4v) is 2.69. The van der Waals surface area contributed by atoms with Crippen molar-refractivity contribution in [3.63, 3.8) is 0 Å². The highest BCUT2D eigenvalue weighted by atomic mass is 79.9. The van der Waals surface area contributed by atoms with Crippen molar-refractivity contribution >= 4 is 39.1 Å². The first-order chi connectivity index (χ1) is 13.0. The van der Waals surface area contributed by atoms with Gasteiger partial charge in [-0.3, -0.25) is 9.59 Å². The van der Waals surface area contributed by atoms with E-state index in [0.717, 1.165) is 10.0 Å². The Bertz CT molecular complexity index is 980. The number of nitrogens with one attached hydrogen (secondary N) is 2. The smallest absolute Gasteiger partial charge is 0.291 e. The average Bonchev–Trinajstić information content (AvgIpc) is 3.21. The average molecular weight is 426 g/mol. The molecule has 2 amide bonds. The predicted molar refractivity (Wildman–Crippen MR) is 107 cm³/mol. The van der Waals surface area contributed by atoms with E-state index in [0.29, 0.717) is 17.0 Å². The molecular formula is C20H16BrN3O3. The van der Waals surface area contributed by atoms with E-state index in [-0.39, 0.29) is 17.6 Å². The van der Waals surface area contributed by atoms with Gasteiger partial charge in [-0.25, -0.2) is 5.43 Å². The minimum atomic E-state index is -0.320. The van der Waals surface area contributed by atoms with Gasteiger partial charge in [0.05, 0.1) is 12.0 Å². The summed E-state index contributed by atoms with van der Waals surface area (Å²) in [6, 6.07) is 17.4. The Balaban J connectivity index is 1.63. The van der Waals surface area contributed by atoms with Crippen LogP contribution in [0.15, 0.2) is 80.9 Å². The van der Waals surface area contributed by atoms with Crippen LogP contribution in [0.25, 0.3) is 0 Å². The molecule has 0 saturated heterocycles. The van der Waals surface area contributed by atoms with Crippen molar-refractivity contribution in [2.24, 2.45) is 5.10 Å². The van der Waals surface area contributed by atoms with Gasteiger partial charge >= 0.3 is 0 Å². The van der Waals surface area contributed by atoms with Crippen LogP contribution in [0.1, 0.15) is 33.4 Å². The number of carbonyl (C=O) groups is 2. The zero-order valence-electron chi connectivity index (χ0n) is 14.4. The maximum Gasteiger partial charge on any atom is 0.291 e. The molecule has 0 fully saturated rings. The summed E-state index contributed by atoms with van der Waals surface area (Å²) in [7, 11) is 0. The second kappa shape index (κ2) is 8.46. The Hall–Kier alpha value is -3.19. The largest absolute Gasteiger partial charge is 0.459 e. The van der Waals surface area contributed by atoms with Crippen molar-refractivity contribution < 1.29 is 14.0 Å². The molecule has 3 rings (SSSR count). The van der Waals surface area contributed by atoms with Crippen molar-refractivity contribution in [3.05, 3.63) is 88.3 Å². The van der Waals surface area contributed by atoms with Gasteiger partial charge in [-0.2, -0.15) is 5.10 Å². The van der Waals surface area contributed by atoms with Gasteiger partial charge < -0.3 is 9.73 Å². The molecular weight excluding hydrogens is 410 g/mol. The third-order valence-electron chi connectivity index (χ3n) is 3.72. The molecule has 3 aromatic rings. The summed E-state index contributed by atoms with van der Waals surface area (Å²) in [5, 5.41) is 6.87. The molecule has 0 aliphatic heterocycles. The zero-order chi connectivity index (χ0) is 19.2. The van der Waals surface area contributed by atoms with Crippen LogP contribution in [0.4, 0.5) is 5.69 Å². The van der Waals surface area contributed by atoms with Crippen molar-refractivity contribution in [2.45, 2.75) is 6.92 Å². The summed E-state index contributed by atoms with van der Waals surface area (Å²) in [6.45, 7) is 1.79. The molecule has 136 valence electrons. The third-order valence-corrected chi connectivity index (χ3v) is 4.21. The van der Waals surface area contributed by atoms with E-state index in [1.54, 1.807) is 49.4 Å². The molecule has 0 atom stereocenters. The number of nitrogens with zero attached hydrogens (tertiary/aromatic N) is 1. The lowest BCUT2D eigenvalue weighted by atomic mass is 10.1. The lowest BCUT2D eigenvalue weighted by Gasteiger charge is -2.06. The Morgan fingerprint density at radius 3 is 2.41 bits per heavy atom. The van der Waals surface area contributed by atoms with E-state index in [9.17, 15) is 9.59 Å². The van der Waals surface area contributed by atoms with E-state index in [4.69, 9.17) is 4.42 Å². The van der Waals surface area contributed by atoms with Gasteiger partial charge in [0.15, 0.2) is 5.76 Å². The topological polar surface area (TPSA) is 83.7 Å². The number of carbonyl (C=O) groups excluding carboxylic acids is 2. The molecule has 0 bridgehead atoms. The van der Waals surface area contributed by atoms with Crippen LogP contribution in [-0.4, -0.2) is 17.5 Å². The van der Waals surface area contributed by atoms with Crippen LogP contribution in [0, 0.1) is 0 Å². The number of rotatable bonds is 5. The fourth-order valence-electron chi connectivity index (χ4n) is 2.29. The number of anilines is 1. The van der Waals surface area contributed by atoms with Gasteiger partial charge in [0.25, 0.3) is 11.8 Å². The fraction of sp³-hybridized carbons (Fsp3) is 0.0500. The number of amides is 2. The van der Waals surface area contributed by atoms with Gasteiger partial charge in [0.1, 0.15) is 0 Å². The second-order valence-electron chi connectivity index (χ2n) is 5.66. The zero-order valence-corrected chi connectivity index (χ0v) is 16.0. The molecule has 2 aromatic carbocycles. The van der Waals surface area contributed by atoms with Gasteiger partial charge in [-0.15, -0.1) is 0 Å². The van der Waals surface area contributed by atoms with Crippen LogP contribution < -0.4 is 10.7 Å². The number of hydrogen-bond donors (Lipinski definition) is 2. The molecule has 27 heavy (non-hydrogen) atoms. The number of benzene rings is 2. The first-order valence-corrected chi connectivity index (χ1v) is 8.88. The van der Waals surface area contributed by atoms with Gasteiger partial charge in [0.2, 0.25) is 0 Å². The van der Waals surface area contributed by atoms with Crippen LogP contribution in [0.2, 0.25) is 0 Å². The summed E-state index contributed by atoms with van der Waals surface area (Å²) in [4.78, 5) is 24.1. The standard InChI is InChI=1S/C20H16BrN3O3/c1-13(23-24-19(25)15-4-2-5-16(21)12-15)14-7-9-17(10-8-14)22-20(26)18-6-3-11-27-18/h2-12H,1H3,(H,22,26)(H,24,25). The monoisotopic (exact) mass is 425 g/mol. The Morgan fingerprint density at radius 2 is 1.74 bits per heavy atom. The lowest BCUT2D eigenvalue weighted by molar-refractivity contribution is 0.0953. The third kappa shape index (κ3) is 4.92. The number of halogens is 1. The van der Waals surface area contributed by atoms with Crippen molar-refractivity contribution in [1.29, 1.82) is 0 Å². The molecule has 0 aliphatic carbocycles. The summed E-state index contributed by atoms with van der Waals surface area (Å²) in [5.41, 5.74) is 5.14. The summed E-state index contributed by atoms with van der Waals surface area (Å²) in [5.74, 6) is -0.371. The first-order valence-electron chi connectivity index (χ1n) is 8.08. The Morgan fingerprint density at radius 1 is 0.963 bits per heavy atom. The van der Waals surface area contributed by atoms with E-state index in [1.807, 2.05) is 18.2 Å². The predicted octanol–water partition coefficient (Wildman–Crippen LogP) is 4.45. The number of hydrogen-bond acceptors (Lipinski definition) is 4. The van der Waals surface area contributed by atoms with E-state index < -0.39 is 0 Å². The summed E-state index contributed by atoms with van der Waals surface area (Å²) in [6.07, 6.45) is 1.44. The van der Waals surface area contributed by atoms with Gasteiger partial charge in [-0.05, 0) is 55.0 Å². The molecule has 1 aromatic heterocycles. The Labute approximate surface area is 164 Å². The highest BCUT2D eigenvalue weighted by Gasteiger charge is 2.09. The van der Waals surface area contributed by atoms with Crippen LogP contribution in [0.3, 0.4) is 0 Å². The molecule has 0 spiro atoms. The van der Waals surface area contributed by atoms with Crippen LogP contribution in [-0.2, 0) is 0 Å². The number of furan rings is 1. The minimum Gasteiger partial charge on any atom is -0.459 e. The van der Waals surface area contributed by atoms with Crippen molar-refractivity contribution in [1.82, 2.24) is 5.43 Å². The molecule has 2 N–H and O–H groups in total. The van der Waals surface area contributed by atoms with E-state index >= 15 is 0 Å². The van der Waals surface area contributed by atoms with Gasteiger partial charge in [0, 0.05) is 15.7 Å². The van der Waals surface area contributed by atoms with E-state index in [1.165, 1.54) is 6.26 Å². The highest BCUT2D eigenvalue weighted by Crippen LogP contribution is 2.13. The summed E-state index contributed by atoms with van der Waals surface area (Å²) >= 11 is 3.33. The normalized spacial score (nSPS) is 11.1. The molecule has 0 saturated carbocycles. The number of hydrazone groups is 1. The molecule has 0 radical (unpaired) electrons. The molecule has 0 aliphatic rings. The maximum absolute atomic E-state index is 12.1. The SMILES string of the molecule is CC(=NNC(=O)c1cccc(Br)c1)c1ccc(NC(=O)c2ccco2)cc1. The lowest BCUT2D eigenvalue weighted by Crippen LogP contribution is -2.19. The van der Waals surface area contributed by atoms with Crippen LogP contribution in [0.5, 0.6) is 0 Å². The first kappa shape index (κ1) is 18.6. The van der Waals surface area contributed by atoms with E-state index in [2.05, 4.69) is 31.8 Å². The second-order valence-corrected chi connectivity index (χ2v) is 6.57. The molecule has 7 heteroatoms. The van der Waals surface area contributed by atoms with Crippen molar-refractivity contribution in [3.8, 4) is 0 Å². The van der Waals surface area contributed by atoms with Crippen LogP contribution >= 0.6 is 15.9 Å².